The standard InChI is InChI=1S/C25H29ClN4O4/c1-15(2)33-22-8-7-17(13-21(22)26)25(34-27)30-16(3)19-5-4-6-20-18(14-29-24(19)20)9-11-28-12-10-23(31)32/h4-8,13-15,28-29H,3,9-12,27H2,1-2H3,(H,31,32). The molecule has 0 spiro atoms. The topological polar surface area (TPSA) is 122 Å². The van der Waals surface area contributed by atoms with E-state index in [1.807, 2.05) is 38.2 Å². The van der Waals surface area contributed by atoms with E-state index >= 15 is 0 Å². The van der Waals surface area contributed by atoms with Crippen LogP contribution in [-0.4, -0.2) is 41.2 Å². The van der Waals surface area contributed by atoms with Crippen LogP contribution in [0.1, 0.15) is 37.0 Å². The molecule has 8 nitrogen and oxygen atoms in total. The zero-order valence-corrected chi connectivity index (χ0v) is 20.0. The first kappa shape index (κ1) is 25.3. The second-order valence-electron chi connectivity index (χ2n) is 7.98. The van der Waals surface area contributed by atoms with Crippen molar-refractivity contribution in [3.05, 3.63) is 70.9 Å². The second-order valence-corrected chi connectivity index (χ2v) is 8.39. The van der Waals surface area contributed by atoms with Gasteiger partial charge in [0.15, 0.2) is 0 Å². The number of nitrogens with one attached hydrogen (secondary N) is 2. The fourth-order valence-electron chi connectivity index (χ4n) is 3.53. The monoisotopic (exact) mass is 484 g/mol. The molecule has 0 amide bonds. The van der Waals surface area contributed by atoms with Crippen LogP contribution in [-0.2, 0) is 16.1 Å². The van der Waals surface area contributed by atoms with Crippen LogP contribution in [0.5, 0.6) is 5.75 Å². The number of carbonyl (C=O) groups is 1. The molecule has 3 rings (SSSR count). The van der Waals surface area contributed by atoms with Crippen molar-refractivity contribution in [1.82, 2.24) is 10.3 Å². The largest absolute Gasteiger partial charge is 0.489 e. The summed E-state index contributed by atoms with van der Waals surface area (Å²) < 4.78 is 5.67. The fourth-order valence-corrected chi connectivity index (χ4v) is 3.75. The van der Waals surface area contributed by atoms with Crippen molar-refractivity contribution in [2.24, 2.45) is 10.9 Å². The van der Waals surface area contributed by atoms with Crippen LogP contribution in [0, 0.1) is 0 Å². The van der Waals surface area contributed by atoms with Crippen LogP contribution in [0.2, 0.25) is 5.02 Å². The summed E-state index contributed by atoms with van der Waals surface area (Å²) in [7, 11) is 0. The molecule has 9 heteroatoms. The van der Waals surface area contributed by atoms with Gasteiger partial charge in [-0.3, -0.25) is 4.79 Å². The Morgan fingerprint density at radius 2 is 2.09 bits per heavy atom. The van der Waals surface area contributed by atoms with E-state index in [0.717, 1.165) is 28.5 Å². The predicted molar refractivity (Wildman–Crippen MR) is 135 cm³/mol. The van der Waals surface area contributed by atoms with E-state index in [2.05, 4.69) is 21.9 Å². The van der Waals surface area contributed by atoms with Gasteiger partial charge in [0.1, 0.15) is 5.75 Å². The normalized spacial score (nSPS) is 11.7. The molecular weight excluding hydrogens is 456 g/mol. The highest BCUT2D eigenvalue weighted by Crippen LogP contribution is 2.29. The quantitative estimate of drug-likeness (QED) is 0.137. The van der Waals surface area contributed by atoms with Crippen LogP contribution in [0.15, 0.2) is 54.2 Å². The number of fused-ring (bicyclic) bond motifs is 1. The average molecular weight is 485 g/mol. The van der Waals surface area contributed by atoms with Crippen molar-refractivity contribution in [1.29, 1.82) is 0 Å². The van der Waals surface area contributed by atoms with Crippen molar-refractivity contribution in [2.75, 3.05) is 13.1 Å². The number of nitrogens with two attached hydrogens (primary N) is 1. The molecule has 1 heterocycles. The average Bonchev–Trinajstić information content (AvgIpc) is 3.21. The number of aromatic amines is 1. The van der Waals surface area contributed by atoms with E-state index in [-0.39, 0.29) is 18.4 Å². The van der Waals surface area contributed by atoms with Gasteiger partial charge in [-0.05, 0) is 50.6 Å². The van der Waals surface area contributed by atoms with Crippen LogP contribution < -0.4 is 16.0 Å². The highest BCUT2D eigenvalue weighted by molar-refractivity contribution is 6.32. The summed E-state index contributed by atoms with van der Waals surface area (Å²) in [5.41, 5.74) is 3.88. The van der Waals surface area contributed by atoms with E-state index in [1.54, 1.807) is 18.2 Å². The number of para-hydroxylation sites is 1. The second kappa shape index (κ2) is 11.7. The third kappa shape index (κ3) is 6.38. The lowest BCUT2D eigenvalue weighted by molar-refractivity contribution is -0.136. The van der Waals surface area contributed by atoms with E-state index in [0.29, 0.717) is 35.1 Å². The minimum absolute atomic E-state index is 0.00581. The highest BCUT2D eigenvalue weighted by atomic mass is 35.5. The van der Waals surface area contributed by atoms with E-state index in [1.165, 1.54) is 0 Å². The molecule has 0 fully saturated rings. The van der Waals surface area contributed by atoms with Crippen molar-refractivity contribution in [3.63, 3.8) is 0 Å². The van der Waals surface area contributed by atoms with Gasteiger partial charge in [0.25, 0.3) is 0 Å². The van der Waals surface area contributed by atoms with Crippen LogP contribution >= 0.6 is 11.6 Å². The lowest BCUT2D eigenvalue weighted by Crippen LogP contribution is -2.20. The molecule has 34 heavy (non-hydrogen) atoms. The Morgan fingerprint density at radius 3 is 2.76 bits per heavy atom. The molecule has 0 bridgehead atoms. The van der Waals surface area contributed by atoms with Crippen molar-refractivity contribution in [2.45, 2.75) is 32.8 Å². The van der Waals surface area contributed by atoms with Crippen LogP contribution in [0.4, 0.5) is 0 Å². The summed E-state index contributed by atoms with van der Waals surface area (Å²) >= 11 is 6.35. The Kier molecular flexibility index (Phi) is 8.70. The maximum Gasteiger partial charge on any atom is 0.304 e. The molecule has 0 saturated carbocycles. The molecule has 0 aliphatic carbocycles. The molecule has 0 radical (unpaired) electrons. The van der Waals surface area contributed by atoms with Gasteiger partial charge in [0.2, 0.25) is 5.90 Å². The third-order valence-electron chi connectivity index (χ3n) is 5.09. The van der Waals surface area contributed by atoms with Gasteiger partial charge in [0.05, 0.1) is 28.8 Å². The van der Waals surface area contributed by atoms with E-state index in [4.69, 9.17) is 32.2 Å². The number of nitrogens with zero attached hydrogens (tertiary/aromatic N) is 1. The number of benzene rings is 2. The Balaban J connectivity index is 1.79. The number of rotatable bonds is 11. The van der Waals surface area contributed by atoms with E-state index in [9.17, 15) is 4.79 Å². The number of carboxylic acids is 1. The first-order valence-electron chi connectivity index (χ1n) is 10.9. The van der Waals surface area contributed by atoms with Gasteiger partial charge >= 0.3 is 5.97 Å². The Labute approximate surface area is 203 Å². The number of hydrogen-bond donors (Lipinski definition) is 4. The Bertz CT molecular complexity index is 1200. The number of aliphatic carboxylic acids is 1. The lowest BCUT2D eigenvalue weighted by atomic mass is 10.1. The van der Waals surface area contributed by atoms with Crippen molar-refractivity contribution in [3.8, 4) is 5.75 Å². The van der Waals surface area contributed by atoms with E-state index < -0.39 is 5.97 Å². The number of aromatic nitrogens is 1. The number of aliphatic imine (C=N–C) groups is 1. The first-order valence-corrected chi connectivity index (χ1v) is 11.3. The highest BCUT2D eigenvalue weighted by Gasteiger charge is 2.14. The molecule has 0 aliphatic rings. The molecule has 0 unspecified atom stereocenters. The third-order valence-corrected chi connectivity index (χ3v) is 5.38. The summed E-state index contributed by atoms with van der Waals surface area (Å²) in [5.74, 6) is 5.45. The summed E-state index contributed by atoms with van der Waals surface area (Å²) in [5, 5.41) is 13.4. The molecule has 5 N–H and O–H groups in total. The lowest BCUT2D eigenvalue weighted by Gasteiger charge is -2.13. The molecule has 2 aromatic carbocycles. The van der Waals surface area contributed by atoms with Gasteiger partial charge in [-0.2, -0.15) is 5.90 Å². The minimum Gasteiger partial charge on any atom is -0.489 e. The summed E-state index contributed by atoms with van der Waals surface area (Å²) in [6, 6.07) is 11.1. The number of ether oxygens (including phenoxy) is 1. The van der Waals surface area contributed by atoms with Gasteiger partial charge in [-0.15, -0.1) is 0 Å². The molecule has 1 aromatic heterocycles. The van der Waals surface area contributed by atoms with Gasteiger partial charge in [-0.1, -0.05) is 36.4 Å². The first-order chi connectivity index (χ1) is 16.3. The van der Waals surface area contributed by atoms with Crippen LogP contribution in [0.25, 0.3) is 16.6 Å². The molecule has 0 saturated heterocycles. The van der Waals surface area contributed by atoms with Crippen molar-refractivity contribution >= 4 is 40.1 Å². The molecule has 180 valence electrons. The predicted octanol–water partition coefficient (Wildman–Crippen LogP) is 4.52. The zero-order chi connectivity index (χ0) is 24.7. The zero-order valence-electron chi connectivity index (χ0n) is 19.2. The Morgan fingerprint density at radius 1 is 1.29 bits per heavy atom. The number of H-pyrrole nitrogens is 1. The van der Waals surface area contributed by atoms with Crippen LogP contribution in [0.3, 0.4) is 0 Å². The number of halogens is 1. The smallest absolute Gasteiger partial charge is 0.304 e. The maximum absolute atomic E-state index is 10.6. The van der Waals surface area contributed by atoms with Crippen molar-refractivity contribution < 1.29 is 19.5 Å². The number of hydrogen-bond acceptors (Lipinski definition) is 6. The summed E-state index contributed by atoms with van der Waals surface area (Å²) in [6.45, 7) is 9.07. The minimum atomic E-state index is -0.814. The van der Waals surface area contributed by atoms with Gasteiger partial charge < -0.3 is 25.0 Å². The molecule has 3 aromatic rings. The molecular formula is C25H29ClN4O4. The molecule has 0 atom stereocenters. The summed E-state index contributed by atoms with van der Waals surface area (Å²) in [6.07, 6.45) is 2.78. The maximum atomic E-state index is 10.6. The van der Waals surface area contributed by atoms with Gasteiger partial charge in [-0.25, -0.2) is 4.99 Å². The summed E-state index contributed by atoms with van der Waals surface area (Å²) in [4.78, 5) is 23.5. The molecule has 0 aliphatic heterocycles. The fraction of sp³-hybridized carbons (Fsp3) is 0.280. The SMILES string of the molecule is C=C(N=C(ON)c1ccc(OC(C)C)c(Cl)c1)c1cccc2c(CCNCCC(=O)O)c[nH]c12. The number of carboxylic acid groups (broad SMARTS) is 1. The Hall–Kier alpha value is -3.33. The van der Waals surface area contributed by atoms with Gasteiger partial charge in [0, 0.05) is 29.3 Å².